The highest BCUT2D eigenvalue weighted by Crippen LogP contribution is 2.30. The van der Waals surface area contributed by atoms with Gasteiger partial charge in [-0.2, -0.15) is 4.31 Å². The number of sulfonamides is 1. The molecular formula is C21H25ClN2O4S. The summed E-state index contributed by atoms with van der Waals surface area (Å²) in [6, 6.07) is 10.2. The van der Waals surface area contributed by atoms with Gasteiger partial charge in [-0.1, -0.05) is 17.7 Å². The maximum atomic E-state index is 13.0. The zero-order valence-corrected chi connectivity index (χ0v) is 18.3. The third kappa shape index (κ3) is 4.91. The summed E-state index contributed by atoms with van der Waals surface area (Å²) in [5.41, 5.74) is 2.85. The molecule has 1 atom stereocenters. The Hall–Kier alpha value is -2.09. The second-order valence-electron chi connectivity index (χ2n) is 7.36. The number of carbonyl (C=O) groups is 1. The molecule has 1 aliphatic heterocycles. The van der Waals surface area contributed by atoms with E-state index in [1.165, 1.54) is 29.6 Å². The first kappa shape index (κ1) is 21.6. The average Bonchev–Trinajstić information content (AvgIpc) is 2.67. The molecule has 2 aromatic carbocycles. The molecule has 1 fully saturated rings. The summed E-state index contributed by atoms with van der Waals surface area (Å²) >= 11 is 6.10. The highest BCUT2D eigenvalue weighted by atomic mass is 35.5. The number of anilines is 1. The van der Waals surface area contributed by atoms with E-state index < -0.39 is 15.9 Å². The van der Waals surface area contributed by atoms with Gasteiger partial charge >= 0.3 is 0 Å². The Balaban J connectivity index is 1.75. The summed E-state index contributed by atoms with van der Waals surface area (Å²) in [6.07, 6.45) is 1.26. The Morgan fingerprint density at radius 2 is 1.86 bits per heavy atom. The number of nitrogens with zero attached hydrogens (tertiary/aromatic N) is 1. The van der Waals surface area contributed by atoms with Crippen LogP contribution in [0.5, 0.6) is 5.75 Å². The molecular weight excluding hydrogens is 412 g/mol. The van der Waals surface area contributed by atoms with E-state index in [0.717, 1.165) is 16.8 Å². The van der Waals surface area contributed by atoms with Crippen molar-refractivity contribution in [2.24, 2.45) is 5.92 Å². The van der Waals surface area contributed by atoms with Gasteiger partial charge in [-0.25, -0.2) is 8.42 Å². The normalized spacial score (nSPS) is 17.7. The van der Waals surface area contributed by atoms with Crippen LogP contribution < -0.4 is 10.1 Å². The van der Waals surface area contributed by atoms with E-state index >= 15 is 0 Å². The zero-order chi connectivity index (χ0) is 21.2. The highest BCUT2D eigenvalue weighted by molar-refractivity contribution is 7.89. The summed E-state index contributed by atoms with van der Waals surface area (Å²) in [6.45, 7) is 4.46. The lowest BCUT2D eigenvalue weighted by molar-refractivity contribution is -0.120. The van der Waals surface area contributed by atoms with Crippen molar-refractivity contribution in [3.05, 3.63) is 52.5 Å². The number of nitrogens with one attached hydrogen (secondary N) is 1. The zero-order valence-electron chi connectivity index (χ0n) is 16.7. The summed E-state index contributed by atoms with van der Waals surface area (Å²) in [4.78, 5) is 12.9. The van der Waals surface area contributed by atoms with Gasteiger partial charge in [0.05, 0.1) is 22.9 Å². The van der Waals surface area contributed by atoms with Gasteiger partial charge in [0, 0.05) is 18.8 Å². The van der Waals surface area contributed by atoms with Crippen molar-refractivity contribution in [2.75, 3.05) is 25.5 Å². The van der Waals surface area contributed by atoms with Crippen LogP contribution in [0.15, 0.2) is 41.3 Å². The van der Waals surface area contributed by atoms with E-state index in [9.17, 15) is 13.2 Å². The van der Waals surface area contributed by atoms with E-state index in [1.54, 1.807) is 0 Å². The molecule has 0 aliphatic carbocycles. The van der Waals surface area contributed by atoms with Gasteiger partial charge in [-0.15, -0.1) is 0 Å². The minimum Gasteiger partial charge on any atom is -0.495 e. The van der Waals surface area contributed by atoms with Gasteiger partial charge in [-0.05, 0) is 68.1 Å². The molecule has 1 saturated heterocycles. The number of halogens is 1. The van der Waals surface area contributed by atoms with Crippen molar-refractivity contribution in [1.82, 2.24) is 4.31 Å². The number of methoxy groups -OCH3 is 1. The van der Waals surface area contributed by atoms with Crippen molar-refractivity contribution in [1.29, 1.82) is 0 Å². The van der Waals surface area contributed by atoms with E-state index in [4.69, 9.17) is 16.3 Å². The van der Waals surface area contributed by atoms with Gasteiger partial charge in [0.25, 0.3) is 0 Å². The summed E-state index contributed by atoms with van der Waals surface area (Å²) in [7, 11) is -2.28. The fraction of sp³-hybridized carbons (Fsp3) is 0.381. The SMILES string of the molecule is COc1ccc(S(=O)(=O)N2CCCC(C(=O)Nc3cc(C)cc(C)c3)C2)cc1Cl. The number of amides is 1. The molecule has 1 N–H and O–H groups in total. The molecule has 0 aromatic heterocycles. The predicted molar refractivity (Wildman–Crippen MR) is 114 cm³/mol. The second kappa shape index (κ2) is 8.73. The Bertz CT molecular complexity index is 1000. The van der Waals surface area contributed by atoms with E-state index in [0.29, 0.717) is 25.1 Å². The average molecular weight is 437 g/mol. The van der Waals surface area contributed by atoms with Crippen molar-refractivity contribution in [2.45, 2.75) is 31.6 Å². The van der Waals surface area contributed by atoms with Gasteiger partial charge in [0.15, 0.2) is 0 Å². The van der Waals surface area contributed by atoms with Gasteiger partial charge in [0.2, 0.25) is 15.9 Å². The molecule has 156 valence electrons. The molecule has 1 aliphatic rings. The number of hydrogen-bond acceptors (Lipinski definition) is 4. The maximum absolute atomic E-state index is 13.0. The summed E-state index contributed by atoms with van der Waals surface area (Å²) in [5.74, 6) is -0.161. The van der Waals surface area contributed by atoms with Gasteiger partial charge < -0.3 is 10.1 Å². The highest BCUT2D eigenvalue weighted by Gasteiger charge is 2.33. The van der Waals surface area contributed by atoms with Crippen LogP contribution in [0.2, 0.25) is 5.02 Å². The number of aryl methyl sites for hydroxylation is 2. The van der Waals surface area contributed by atoms with Gasteiger partial charge in [-0.3, -0.25) is 4.79 Å². The molecule has 2 aromatic rings. The molecule has 3 rings (SSSR count). The molecule has 29 heavy (non-hydrogen) atoms. The number of ether oxygens (including phenoxy) is 1. The largest absolute Gasteiger partial charge is 0.495 e. The lowest BCUT2D eigenvalue weighted by Gasteiger charge is -2.31. The van der Waals surface area contributed by atoms with Crippen molar-refractivity contribution in [3.63, 3.8) is 0 Å². The molecule has 0 spiro atoms. The van der Waals surface area contributed by atoms with Crippen molar-refractivity contribution >= 4 is 33.2 Å². The fourth-order valence-corrected chi connectivity index (χ4v) is 5.50. The monoisotopic (exact) mass is 436 g/mol. The number of piperidine rings is 1. The maximum Gasteiger partial charge on any atom is 0.243 e. The quantitative estimate of drug-likeness (QED) is 0.768. The lowest BCUT2D eigenvalue weighted by atomic mass is 9.98. The van der Waals surface area contributed by atoms with E-state index in [1.807, 2.05) is 32.0 Å². The Kier molecular flexibility index (Phi) is 6.51. The number of carbonyl (C=O) groups excluding carboxylic acids is 1. The van der Waals surface area contributed by atoms with Crippen molar-refractivity contribution in [3.8, 4) is 5.75 Å². The third-order valence-electron chi connectivity index (χ3n) is 5.01. The standard InChI is InChI=1S/C21H25ClN2O4S/c1-14-9-15(2)11-17(10-14)23-21(25)16-5-4-8-24(13-16)29(26,27)18-6-7-20(28-3)19(22)12-18/h6-7,9-12,16H,4-5,8,13H2,1-3H3,(H,23,25). The Labute approximate surface area is 176 Å². The molecule has 8 heteroatoms. The van der Waals surface area contributed by atoms with Crippen LogP contribution in [0, 0.1) is 19.8 Å². The van der Waals surface area contributed by atoms with Crippen LogP contribution >= 0.6 is 11.6 Å². The van der Waals surface area contributed by atoms with Crippen LogP contribution in [0.25, 0.3) is 0 Å². The molecule has 1 unspecified atom stereocenters. The van der Waals surface area contributed by atoms with Crippen molar-refractivity contribution < 1.29 is 17.9 Å². The number of hydrogen-bond donors (Lipinski definition) is 1. The molecule has 0 saturated carbocycles. The molecule has 1 heterocycles. The first-order valence-corrected chi connectivity index (χ1v) is 11.3. The smallest absolute Gasteiger partial charge is 0.243 e. The van der Waals surface area contributed by atoms with Crippen LogP contribution in [-0.4, -0.2) is 38.8 Å². The number of benzene rings is 2. The minimum atomic E-state index is -3.75. The Morgan fingerprint density at radius 1 is 1.17 bits per heavy atom. The fourth-order valence-electron chi connectivity index (χ4n) is 3.62. The van der Waals surface area contributed by atoms with E-state index in [-0.39, 0.29) is 22.4 Å². The third-order valence-corrected chi connectivity index (χ3v) is 7.16. The van der Waals surface area contributed by atoms with E-state index in [2.05, 4.69) is 5.32 Å². The first-order chi connectivity index (χ1) is 13.7. The Morgan fingerprint density at radius 3 is 2.48 bits per heavy atom. The topological polar surface area (TPSA) is 75.7 Å². The molecule has 0 radical (unpaired) electrons. The molecule has 0 bridgehead atoms. The van der Waals surface area contributed by atoms with Gasteiger partial charge in [0.1, 0.15) is 5.75 Å². The summed E-state index contributed by atoms with van der Waals surface area (Å²) < 4.78 is 32.5. The van der Waals surface area contributed by atoms with Crippen LogP contribution in [0.3, 0.4) is 0 Å². The summed E-state index contributed by atoms with van der Waals surface area (Å²) in [5, 5.41) is 3.16. The van der Waals surface area contributed by atoms with Crippen LogP contribution in [-0.2, 0) is 14.8 Å². The predicted octanol–water partition coefficient (Wildman–Crippen LogP) is 4.00. The number of rotatable bonds is 5. The minimum absolute atomic E-state index is 0.0960. The molecule has 6 nitrogen and oxygen atoms in total. The molecule has 1 amide bonds. The van der Waals surface area contributed by atoms with Crippen LogP contribution in [0.4, 0.5) is 5.69 Å². The second-order valence-corrected chi connectivity index (χ2v) is 9.71. The first-order valence-electron chi connectivity index (χ1n) is 9.43. The lowest BCUT2D eigenvalue weighted by Crippen LogP contribution is -2.43. The van der Waals surface area contributed by atoms with Crippen LogP contribution in [0.1, 0.15) is 24.0 Å².